The molecule has 0 spiro atoms. The number of hydrogen-bond acceptors (Lipinski definition) is 7. The van der Waals surface area contributed by atoms with Crippen LogP contribution in [0.2, 0.25) is 0 Å². The summed E-state index contributed by atoms with van der Waals surface area (Å²) >= 11 is 1.13. The summed E-state index contributed by atoms with van der Waals surface area (Å²) in [5.41, 5.74) is 6.51. The molecule has 2 aromatic heterocycles. The molecular formula is C11H15N5O2S. The zero-order chi connectivity index (χ0) is 13.7. The fraction of sp³-hybridized carbons (Fsp3) is 0.364. The Morgan fingerprint density at radius 2 is 2.37 bits per heavy atom. The second-order valence-electron chi connectivity index (χ2n) is 3.76. The van der Waals surface area contributed by atoms with E-state index in [9.17, 15) is 4.79 Å². The third-order valence-corrected chi connectivity index (χ3v) is 2.98. The van der Waals surface area contributed by atoms with E-state index in [0.29, 0.717) is 37.2 Å². The number of aromatic amines is 1. The highest BCUT2D eigenvalue weighted by Gasteiger charge is 2.03. The maximum Gasteiger partial charge on any atom is 0.304 e. The lowest BCUT2D eigenvalue weighted by Gasteiger charge is -2.07. The van der Waals surface area contributed by atoms with E-state index in [1.807, 2.05) is 6.92 Å². The van der Waals surface area contributed by atoms with Crippen molar-refractivity contribution in [3.05, 3.63) is 32.6 Å². The lowest BCUT2D eigenvalue weighted by molar-refractivity contribution is 0.128. The van der Waals surface area contributed by atoms with Crippen LogP contribution in [0.5, 0.6) is 0 Å². The Kier molecular flexibility index (Phi) is 4.48. The molecule has 2 rings (SSSR count). The summed E-state index contributed by atoms with van der Waals surface area (Å²) < 4.78 is 5.24. The van der Waals surface area contributed by atoms with E-state index in [1.54, 1.807) is 11.4 Å². The van der Waals surface area contributed by atoms with Crippen molar-refractivity contribution in [2.24, 2.45) is 0 Å². The lowest BCUT2D eigenvalue weighted by atomic mass is 10.4. The van der Waals surface area contributed by atoms with Gasteiger partial charge in [-0.2, -0.15) is 0 Å². The number of aromatic nitrogens is 3. The molecule has 2 heterocycles. The van der Waals surface area contributed by atoms with Gasteiger partial charge in [0.05, 0.1) is 6.54 Å². The van der Waals surface area contributed by atoms with Crippen LogP contribution in [0.4, 0.5) is 11.6 Å². The summed E-state index contributed by atoms with van der Waals surface area (Å²) in [4.78, 5) is 22.0. The van der Waals surface area contributed by atoms with Gasteiger partial charge >= 0.3 is 4.87 Å². The molecule has 0 saturated carbocycles. The zero-order valence-corrected chi connectivity index (χ0v) is 11.3. The Bertz CT molecular complexity index is 595. The molecule has 0 unspecified atom stereocenters. The van der Waals surface area contributed by atoms with E-state index in [4.69, 9.17) is 10.5 Å². The molecule has 8 heteroatoms. The molecule has 2 aromatic rings. The van der Waals surface area contributed by atoms with Gasteiger partial charge in [0.1, 0.15) is 18.2 Å². The van der Waals surface area contributed by atoms with Crippen molar-refractivity contribution >= 4 is 23.0 Å². The topological polar surface area (TPSA) is 106 Å². The standard InChI is InChI=1S/C11H15N5O2S/c1-2-18-5-10-15-8(12)3-9(16-10)13-4-7-6-19-11(17)14-7/h3,6H,2,4-5H2,1H3,(H,14,17)(H3,12,13,15,16). The Balaban J connectivity index is 2.02. The van der Waals surface area contributed by atoms with Gasteiger partial charge < -0.3 is 20.8 Å². The highest BCUT2D eigenvalue weighted by Crippen LogP contribution is 2.10. The Labute approximate surface area is 113 Å². The van der Waals surface area contributed by atoms with Gasteiger partial charge in [-0.25, -0.2) is 9.97 Å². The van der Waals surface area contributed by atoms with Crippen LogP contribution < -0.4 is 15.9 Å². The summed E-state index contributed by atoms with van der Waals surface area (Å²) in [7, 11) is 0. The molecule has 0 aliphatic heterocycles. The van der Waals surface area contributed by atoms with Gasteiger partial charge in [0, 0.05) is 23.7 Å². The van der Waals surface area contributed by atoms with Crippen molar-refractivity contribution in [1.82, 2.24) is 15.0 Å². The minimum absolute atomic E-state index is 0.0731. The van der Waals surface area contributed by atoms with Crippen LogP contribution in [0.3, 0.4) is 0 Å². The fourth-order valence-electron chi connectivity index (χ4n) is 1.45. The van der Waals surface area contributed by atoms with Gasteiger partial charge in [-0.05, 0) is 6.92 Å². The van der Waals surface area contributed by atoms with Crippen LogP contribution >= 0.6 is 11.3 Å². The molecule has 4 N–H and O–H groups in total. The molecule has 0 bridgehead atoms. The van der Waals surface area contributed by atoms with E-state index in [2.05, 4.69) is 20.3 Å². The first-order valence-electron chi connectivity index (χ1n) is 5.79. The number of nitrogens with zero attached hydrogens (tertiary/aromatic N) is 2. The molecular weight excluding hydrogens is 266 g/mol. The van der Waals surface area contributed by atoms with E-state index in [1.165, 1.54) is 0 Å². The number of thiazole rings is 1. The monoisotopic (exact) mass is 281 g/mol. The van der Waals surface area contributed by atoms with Gasteiger partial charge in [0.2, 0.25) is 0 Å². The third-order valence-electron chi connectivity index (χ3n) is 2.26. The largest absolute Gasteiger partial charge is 0.384 e. The van der Waals surface area contributed by atoms with Crippen molar-refractivity contribution in [3.8, 4) is 0 Å². The molecule has 0 radical (unpaired) electrons. The van der Waals surface area contributed by atoms with Crippen molar-refractivity contribution in [3.63, 3.8) is 0 Å². The van der Waals surface area contributed by atoms with Crippen LogP contribution in [0, 0.1) is 0 Å². The smallest absolute Gasteiger partial charge is 0.304 e. The van der Waals surface area contributed by atoms with E-state index < -0.39 is 0 Å². The minimum atomic E-state index is -0.0731. The number of H-pyrrole nitrogens is 1. The number of nitrogen functional groups attached to an aromatic ring is 1. The van der Waals surface area contributed by atoms with Crippen molar-refractivity contribution in [2.75, 3.05) is 17.7 Å². The van der Waals surface area contributed by atoms with Crippen LogP contribution in [0.15, 0.2) is 16.2 Å². The van der Waals surface area contributed by atoms with E-state index in [0.717, 1.165) is 17.0 Å². The number of rotatable bonds is 6. The predicted octanol–water partition coefficient (Wildman–Crippen LogP) is 0.957. The second-order valence-corrected chi connectivity index (χ2v) is 4.60. The molecule has 102 valence electrons. The number of anilines is 2. The van der Waals surface area contributed by atoms with Crippen LogP contribution in [0.25, 0.3) is 0 Å². The maximum absolute atomic E-state index is 11.0. The minimum Gasteiger partial charge on any atom is -0.384 e. The van der Waals surface area contributed by atoms with Gasteiger partial charge in [0.15, 0.2) is 5.82 Å². The Morgan fingerprint density at radius 1 is 1.53 bits per heavy atom. The van der Waals surface area contributed by atoms with E-state index in [-0.39, 0.29) is 4.87 Å². The quantitative estimate of drug-likeness (QED) is 0.728. The molecule has 19 heavy (non-hydrogen) atoms. The van der Waals surface area contributed by atoms with Crippen molar-refractivity contribution in [2.45, 2.75) is 20.1 Å². The third kappa shape index (κ3) is 4.04. The van der Waals surface area contributed by atoms with E-state index >= 15 is 0 Å². The first kappa shape index (κ1) is 13.5. The summed E-state index contributed by atoms with van der Waals surface area (Å²) in [6.45, 7) is 3.30. The van der Waals surface area contributed by atoms with Gasteiger partial charge in [-0.3, -0.25) is 4.79 Å². The molecule has 0 aliphatic rings. The summed E-state index contributed by atoms with van der Waals surface area (Å²) in [6.07, 6.45) is 0. The van der Waals surface area contributed by atoms with Crippen molar-refractivity contribution in [1.29, 1.82) is 0 Å². The first-order valence-corrected chi connectivity index (χ1v) is 6.67. The highest BCUT2D eigenvalue weighted by atomic mass is 32.1. The predicted molar refractivity (Wildman–Crippen MR) is 74.0 cm³/mol. The first-order chi connectivity index (χ1) is 9.17. The zero-order valence-electron chi connectivity index (χ0n) is 10.5. The number of nitrogens with two attached hydrogens (primary N) is 1. The highest BCUT2D eigenvalue weighted by molar-refractivity contribution is 7.07. The summed E-state index contributed by atoms with van der Waals surface area (Å²) in [5, 5.41) is 4.85. The molecule has 0 aromatic carbocycles. The fourth-order valence-corrected chi connectivity index (χ4v) is 2.03. The average molecular weight is 281 g/mol. The number of ether oxygens (including phenoxy) is 1. The molecule has 0 amide bonds. The molecule has 0 aliphatic carbocycles. The van der Waals surface area contributed by atoms with Gasteiger partial charge in [-0.15, -0.1) is 0 Å². The maximum atomic E-state index is 11.0. The average Bonchev–Trinajstić information content (AvgIpc) is 2.79. The normalized spacial score (nSPS) is 10.6. The van der Waals surface area contributed by atoms with Crippen LogP contribution in [-0.2, 0) is 17.9 Å². The SMILES string of the molecule is CCOCc1nc(N)cc(NCc2csc(=O)[nH]2)n1. The number of nitrogens with one attached hydrogen (secondary N) is 2. The summed E-state index contributed by atoms with van der Waals surface area (Å²) in [6, 6.07) is 1.64. The molecule has 7 nitrogen and oxygen atoms in total. The lowest BCUT2D eigenvalue weighted by Crippen LogP contribution is -2.08. The van der Waals surface area contributed by atoms with Gasteiger partial charge in [-0.1, -0.05) is 11.3 Å². The number of hydrogen-bond donors (Lipinski definition) is 3. The van der Waals surface area contributed by atoms with Crippen molar-refractivity contribution < 1.29 is 4.74 Å². The molecule has 0 atom stereocenters. The molecule has 0 saturated heterocycles. The van der Waals surface area contributed by atoms with Crippen LogP contribution in [0.1, 0.15) is 18.4 Å². The Hall–Kier alpha value is -1.93. The molecule has 0 fully saturated rings. The second kappa shape index (κ2) is 6.30. The summed E-state index contributed by atoms with van der Waals surface area (Å²) in [5.74, 6) is 1.52. The van der Waals surface area contributed by atoms with Gasteiger partial charge in [0.25, 0.3) is 0 Å². The Morgan fingerprint density at radius 3 is 3.05 bits per heavy atom. The van der Waals surface area contributed by atoms with Crippen LogP contribution in [-0.4, -0.2) is 21.6 Å².